The quantitative estimate of drug-likeness (QED) is 0.546. The summed E-state index contributed by atoms with van der Waals surface area (Å²) in [5.74, 6) is -1.70. The Hall–Kier alpha value is -3.03. The van der Waals surface area contributed by atoms with Gasteiger partial charge >= 0.3 is 5.97 Å². The van der Waals surface area contributed by atoms with Gasteiger partial charge in [0.05, 0.1) is 6.10 Å². The van der Waals surface area contributed by atoms with E-state index >= 15 is 0 Å². The number of carboxylic acids is 1. The van der Waals surface area contributed by atoms with E-state index in [0.29, 0.717) is 19.0 Å². The lowest BCUT2D eigenvalue weighted by Crippen LogP contribution is -2.45. The zero-order valence-electron chi connectivity index (χ0n) is 17.8. The van der Waals surface area contributed by atoms with Crippen LogP contribution in [-0.4, -0.2) is 58.6 Å². The first kappa shape index (κ1) is 22.7. The topological polar surface area (TPSA) is 116 Å². The first-order valence-electron chi connectivity index (χ1n) is 10.8. The summed E-state index contributed by atoms with van der Waals surface area (Å²) in [5.41, 5.74) is 0.929. The van der Waals surface area contributed by atoms with E-state index in [1.54, 1.807) is 4.90 Å². The minimum atomic E-state index is -1.21. The van der Waals surface area contributed by atoms with Crippen LogP contribution in [0, 0.1) is 5.92 Å². The highest BCUT2D eigenvalue weighted by molar-refractivity contribution is 6.19. The molecule has 3 N–H and O–H groups in total. The molecule has 1 saturated carbocycles. The molecule has 8 nitrogen and oxygen atoms in total. The van der Waals surface area contributed by atoms with Crippen LogP contribution in [0.3, 0.4) is 0 Å². The second-order valence-corrected chi connectivity index (χ2v) is 8.16. The van der Waals surface area contributed by atoms with Crippen molar-refractivity contribution in [3.63, 3.8) is 0 Å². The number of aryl methyl sites for hydroxylation is 1. The Kier molecular flexibility index (Phi) is 7.55. The fourth-order valence-corrected chi connectivity index (χ4v) is 4.14. The van der Waals surface area contributed by atoms with Crippen molar-refractivity contribution >= 4 is 17.8 Å². The van der Waals surface area contributed by atoms with E-state index in [-0.39, 0.29) is 23.9 Å². The predicted molar refractivity (Wildman–Crippen MR) is 114 cm³/mol. The predicted octanol–water partition coefficient (Wildman–Crippen LogP) is 2.43. The minimum Gasteiger partial charge on any atom is -0.511 e. The molecular weight excluding hydrogens is 400 g/mol. The molecule has 0 spiro atoms. The van der Waals surface area contributed by atoms with E-state index in [0.717, 1.165) is 37.9 Å². The first-order valence-corrected chi connectivity index (χ1v) is 10.8. The third-order valence-electron chi connectivity index (χ3n) is 5.94. The molecule has 168 valence electrons. The average molecular weight is 431 g/mol. The summed E-state index contributed by atoms with van der Waals surface area (Å²) in [4.78, 5) is 37.1. The van der Waals surface area contributed by atoms with Crippen molar-refractivity contribution < 1.29 is 29.3 Å². The number of amides is 2. The van der Waals surface area contributed by atoms with Crippen LogP contribution < -0.4 is 10.1 Å². The van der Waals surface area contributed by atoms with Crippen LogP contribution in [-0.2, 0) is 20.8 Å². The van der Waals surface area contributed by atoms with E-state index in [1.807, 2.05) is 12.1 Å². The molecule has 1 fully saturated rings. The molecule has 0 aromatic heterocycles. The second kappa shape index (κ2) is 10.3. The van der Waals surface area contributed by atoms with Crippen molar-refractivity contribution in [3.8, 4) is 5.75 Å². The highest BCUT2D eigenvalue weighted by Crippen LogP contribution is 2.30. The van der Waals surface area contributed by atoms with Crippen LogP contribution in [0.5, 0.6) is 5.75 Å². The molecule has 8 heteroatoms. The molecule has 31 heavy (non-hydrogen) atoms. The number of hydrogen-bond donors (Lipinski definition) is 3. The highest BCUT2D eigenvalue weighted by atomic mass is 16.5. The smallest absolute Gasteiger partial charge is 0.322 e. The number of nitrogens with one attached hydrogen (secondary N) is 1. The SMILES string of the molecule is CCc1ccc(OC2CCC(CN3CCC(O)=C(C(=O)NCC(=O)O)C3=O)CC2)cc1. The molecule has 0 atom stereocenters. The summed E-state index contributed by atoms with van der Waals surface area (Å²) >= 11 is 0. The Morgan fingerprint density at radius 3 is 2.45 bits per heavy atom. The molecule has 1 aliphatic heterocycles. The lowest BCUT2D eigenvalue weighted by Gasteiger charge is -2.34. The number of hydrogen-bond acceptors (Lipinski definition) is 5. The number of aliphatic hydroxyl groups is 1. The first-order chi connectivity index (χ1) is 14.9. The maximum atomic E-state index is 12.7. The summed E-state index contributed by atoms with van der Waals surface area (Å²) in [5, 5.41) is 20.9. The Labute approximate surface area is 181 Å². The van der Waals surface area contributed by atoms with Gasteiger partial charge in [-0.2, -0.15) is 0 Å². The average Bonchev–Trinajstić information content (AvgIpc) is 2.76. The molecule has 1 heterocycles. The fourth-order valence-electron chi connectivity index (χ4n) is 4.14. The van der Waals surface area contributed by atoms with Gasteiger partial charge in [0.1, 0.15) is 23.6 Å². The van der Waals surface area contributed by atoms with Crippen molar-refractivity contribution in [3.05, 3.63) is 41.2 Å². The molecule has 2 aliphatic rings. The highest BCUT2D eigenvalue weighted by Gasteiger charge is 2.34. The Balaban J connectivity index is 1.50. The van der Waals surface area contributed by atoms with Gasteiger partial charge in [0.15, 0.2) is 0 Å². The zero-order chi connectivity index (χ0) is 22.4. The minimum absolute atomic E-state index is 0.155. The van der Waals surface area contributed by atoms with Crippen molar-refractivity contribution in [1.29, 1.82) is 0 Å². The Bertz CT molecular complexity index is 840. The normalized spacial score (nSPS) is 21.7. The molecule has 1 aromatic carbocycles. The van der Waals surface area contributed by atoms with E-state index < -0.39 is 24.3 Å². The van der Waals surface area contributed by atoms with Crippen LogP contribution in [0.25, 0.3) is 0 Å². The zero-order valence-corrected chi connectivity index (χ0v) is 17.8. The standard InChI is InChI=1S/C23H30N2O6/c1-2-15-3-7-17(8-4-15)31-18-9-5-16(6-10-18)14-25-12-11-19(26)21(23(25)30)22(29)24-13-20(27)28/h3-4,7-8,16,18,26H,2,5-6,9-14H2,1H3,(H,24,29)(H,27,28). The molecule has 0 radical (unpaired) electrons. The summed E-state index contributed by atoms with van der Waals surface area (Å²) in [6.07, 6.45) is 4.96. The van der Waals surface area contributed by atoms with E-state index in [9.17, 15) is 19.5 Å². The number of nitrogens with zero attached hydrogens (tertiary/aromatic N) is 1. The van der Waals surface area contributed by atoms with Crippen molar-refractivity contribution in [2.45, 2.75) is 51.6 Å². The van der Waals surface area contributed by atoms with Gasteiger partial charge < -0.3 is 25.2 Å². The van der Waals surface area contributed by atoms with Gasteiger partial charge in [-0.1, -0.05) is 19.1 Å². The van der Waals surface area contributed by atoms with Crippen molar-refractivity contribution in [2.75, 3.05) is 19.6 Å². The third-order valence-corrected chi connectivity index (χ3v) is 5.94. The molecule has 0 saturated heterocycles. The van der Waals surface area contributed by atoms with Gasteiger partial charge in [0.2, 0.25) is 0 Å². The summed E-state index contributed by atoms with van der Waals surface area (Å²) in [6.45, 7) is 2.38. The molecule has 1 aliphatic carbocycles. The van der Waals surface area contributed by atoms with E-state index in [4.69, 9.17) is 9.84 Å². The number of carbonyl (C=O) groups excluding carboxylic acids is 2. The monoisotopic (exact) mass is 430 g/mol. The van der Waals surface area contributed by atoms with Crippen LogP contribution in [0.4, 0.5) is 0 Å². The van der Waals surface area contributed by atoms with Crippen LogP contribution in [0.15, 0.2) is 35.6 Å². The van der Waals surface area contributed by atoms with Crippen LogP contribution >= 0.6 is 0 Å². The lowest BCUT2D eigenvalue weighted by atomic mass is 9.86. The fraction of sp³-hybridized carbons (Fsp3) is 0.522. The second-order valence-electron chi connectivity index (χ2n) is 8.16. The molecule has 1 aromatic rings. The number of carboxylic acid groups (broad SMARTS) is 1. The van der Waals surface area contributed by atoms with Gasteiger partial charge in [-0.25, -0.2) is 0 Å². The van der Waals surface area contributed by atoms with Crippen LogP contribution in [0.1, 0.15) is 44.6 Å². The van der Waals surface area contributed by atoms with Crippen molar-refractivity contribution in [1.82, 2.24) is 10.2 Å². The molecule has 3 rings (SSSR count). The molecule has 0 bridgehead atoms. The lowest BCUT2D eigenvalue weighted by molar-refractivity contribution is -0.138. The Morgan fingerprint density at radius 1 is 1.16 bits per heavy atom. The largest absolute Gasteiger partial charge is 0.511 e. The summed E-state index contributed by atoms with van der Waals surface area (Å²) in [7, 11) is 0. The number of ether oxygens (including phenoxy) is 1. The summed E-state index contributed by atoms with van der Waals surface area (Å²) < 4.78 is 6.10. The molecule has 0 unspecified atom stereocenters. The molecular formula is C23H30N2O6. The number of aliphatic hydroxyl groups excluding tert-OH is 1. The van der Waals surface area contributed by atoms with Crippen molar-refractivity contribution in [2.24, 2.45) is 5.92 Å². The number of aliphatic carboxylic acids is 1. The maximum Gasteiger partial charge on any atom is 0.322 e. The summed E-state index contributed by atoms with van der Waals surface area (Å²) in [6, 6.07) is 8.17. The third kappa shape index (κ3) is 5.99. The van der Waals surface area contributed by atoms with Gasteiger partial charge in [-0.3, -0.25) is 14.4 Å². The van der Waals surface area contributed by atoms with Gasteiger partial charge in [-0.15, -0.1) is 0 Å². The van der Waals surface area contributed by atoms with E-state index in [1.165, 1.54) is 5.56 Å². The molecule has 2 amide bonds. The number of benzene rings is 1. The van der Waals surface area contributed by atoms with E-state index in [2.05, 4.69) is 24.4 Å². The van der Waals surface area contributed by atoms with Gasteiger partial charge in [0, 0.05) is 19.5 Å². The van der Waals surface area contributed by atoms with Gasteiger partial charge in [-0.05, 0) is 55.7 Å². The maximum absolute atomic E-state index is 12.7. The number of carbonyl (C=O) groups is 3. The number of rotatable bonds is 8. The van der Waals surface area contributed by atoms with Crippen LogP contribution in [0.2, 0.25) is 0 Å². The van der Waals surface area contributed by atoms with Gasteiger partial charge in [0.25, 0.3) is 11.8 Å². The Morgan fingerprint density at radius 2 is 1.84 bits per heavy atom.